The number of halogens is 1. The molecular weight excluding hydrogens is 462 g/mol. The summed E-state index contributed by atoms with van der Waals surface area (Å²) in [4.78, 5) is 11.3. The Morgan fingerprint density at radius 3 is 2.80 bits per heavy atom. The zero-order valence-electron chi connectivity index (χ0n) is 20.0. The molecule has 0 radical (unpaired) electrons. The predicted molar refractivity (Wildman–Crippen MR) is 142 cm³/mol. The Bertz CT molecular complexity index is 1210. The second kappa shape index (κ2) is 10.8. The first-order valence-corrected chi connectivity index (χ1v) is 12.7. The number of likely N-dealkylation sites (tertiary alicyclic amines) is 1. The van der Waals surface area contributed by atoms with Gasteiger partial charge >= 0.3 is 0 Å². The monoisotopic (exact) mass is 493 g/mol. The molecule has 35 heavy (non-hydrogen) atoms. The molecule has 184 valence electrons. The van der Waals surface area contributed by atoms with Crippen LogP contribution in [0.4, 0.5) is 17.2 Å². The van der Waals surface area contributed by atoms with Crippen molar-refractivity contribution in [3.63, 3.8) is 0 Å². The van der Waals surface area contributed by atoms with Crippen molar-refractivity contribution in [1.82, 2.24) is 14.9 Å². The highest BCUT2D eigenvalue weighted by Crippen LogP contribution is 2.36. The number of aliphatic hydroxyl groups is 1. The number of anilines is 3. The maximum atomic E-state index is 9.35. The van der Waals surface area contributed by atoms with Gasteiger partial charge in [0.1, 0.15) is 17.9 Å². The average molecular weight is 494 g/mol. The number of fused-ring (bicyclic) bond motifs is 1. The van der Waals surface area contributed by atoms with Crippen molar-refractivity contribution in [2.24, 2.45) is 5.92 Å². The van der Waals surface area contributed by atoms with Crippen LogP contribution in [0.3, 0.4) is 0 Å². The minimum absolute atomic E-state index is 0.234. The van der Waals surface area contributed by atoms with E-state index in [1.165, 1.54) is 12.8 Å². The van der Waals surface area contributed by atoms with Gasteiger partial charge in [0.05, 0.1) is 24.4 Å². The Hall–Kier alpha value is -2.87. The van der Waals surface area contributed by atoms with Crippen LogP contribution in [0, 0.1) is 12.8 Å². The van der Waals surface area contributed by atoms with E-state index in [2.05, 4.69) is 43.7 Å². The van der Waals surface area contributed by atoms with Crippen molar-refractivity contribution in [2.45, 2.75) is 32.2 Å². The van der Waals surface area contributed by atoms with Crippen LogP contribution in [0.1, 0.15) is 24.8 Å². The van der Waals surface area contributed by atoms with Crippen LogP contribution in [0.2, 0.25) is 5.02 Å². The molecule has 3 aromatic rings. The van der Waals surface area contributed by atoms with E-state index >= 15 is 0 Å². The Kier molecular flexibility index (Phi) is 7.37. The number of nitrogens with one attached hydrogen (secondary N) is 2. The molecule has 1 aromatic heterocycles. The highest BCUT2D eigenvalue weighted by atomic mass is 35.5. The lowest BCUT2D eigenvalue weighted by atomic mass is 10.0. The summed E-state index contributed by atoms with van der Waals surface area (Å²) in [6.07, 6.45) is 9.39. The fraction of sp³-hybridized carbons (Fsp3) is 0.407. The molecule has 7 nitrogen and oxygen atoms in total. The summed E-state index contributed by atoms with van der Waals surface area (Å²) in [5, 5.41) is 17.9. The molecule has 1 aliphatic heterocycles. The first kappa shape index (κ1) is 23.9. The summed E-state index contributed by atoms with van der Waals surface area (Å²) >= 11 is 6.32. The second-order valence-electron chi connectivity index (χ2n) is 9.40. The summed E-state index contributed by atoms with van der Waals surface area (Å²) in [6, 6.07) is 10.2. The zero-order valence-corrected chi connectivity index (χ0v) is 20.8. The number of ether oxygens (including phenoxy) is 1. The van der Waals surface area contributed by atoms with Gasteiger partial charge in [-0.1, -0.05) is 29.8 Å². The number of benzene rings is 2. The third-order valence-corrected chi connectivity index (χ3v) is 7.14. The quantitative estimate of drug-likeness (QED) is 0.318. The SMILES string of the molecule is Cc1ccc(Nc2ncnc3cc(OCC4CC4)c(NCC=CCN4CCC4CO)cc23)cc1Cl. The fourth-order valence-electron chi connectivity index (χ4n) is 4.14. The molecule has 1 atom stereocenters. The Morgan fingerprint density at radius 2 is 2.06 bits per heavy atom. The van der Waals surface area contributed by atoms with Crippen LogP contribution < -0.4 is 15.4 Å². The Balaban J connectivity index is 1.35. The van der Waals surface area contributed by atoms with Gasteiger partial charge in [-0.15, -0.1) is 0 Å². The number of aryl methyl sites for hydroxylation is 1. The lowest BCUT2D eigenvalue weighted by molar-refractivity contribution is 0.0533. The van der Waals surface area contributed by atoms with E-state index < -0.39 is 0 Å². The molecule has 0 amide bonds. The van der Waals surface area contributed by atoms with Crippen molar-refractivity contribution >= 4 is 39.7 Å². The molecule has 2 aromatic carbocycles. The lowest BCUT2D eigenvalue weighted by Crippen LogP contribution is -2.49. The van der Waals surface area contributed by atoms with E-state index in [-0.39, 0.29) is 6.61 Å². The van der Waals surface area contributed by atoms with E-state index in [4.69, 9.17) is 16.3 Å². The van der Waals surface area contributed by atoms with Crippen molar-refractivity contribution in [3.8, 4) is 5.75 Å². The third kappa shape index (κ3) is 5.86. The van der Waals surface area contributed by atoms with Crippen LogP contribution in [0.5, 0.6) is 5.75 Å². The highest BCUT2D eigenvalue weighted by molar-refractivity contribution is 6.31. The number of aliphatic hydroxyl groups excluding tert-OH is 1. The first-order chi connectivity index (χ1) is 17.1. The van der Waals surface area contributed by atoms with Gasteiger partial charge in [0, 0.05) is 47.8 Å². The van der Waals surface area contributed by atoms with E-state index in [0.29, 0.717) is 23.5 Å². The fourth-order valence-corrected chi connectivity index (χ4v) is 4.32. The maximum Gasteiger partial charge on any atom is 0.144 e. The Morgan fingerprint density at radius 1 is 1.17 bits per heavy atom. The zero-order chi connectivity index (χ0) is 24.2. The van der Waals surface area contributed by atoms with E-state index in [0.717, 1.165) is 65.5 Å². The molecule has 2 aliphatic rings. The molecule has 2 fully saturated rings. The van der Waals surface area contributed by atoms with Crippen molar-refractivity contribution in [3.05, 3.63) is 59.4 Å². The molecule has 2 heterocycles. The van der Waals surface area contributed by atoms with E-state index in [1.54, 1.807) is 6.33 Å². The minimum atomic E-state index is 0.234. The third-order valence-electron chi connectivity index (χ3n) is 6.74. The molecule has 1 aliphatic carbocycles. The topological polar surface area (TPSA) is 82.5 Å². The maximum absolute atomic E-state index is 9.35. The normalized spacial score (nSPS) is 18.1. The van der Waals surface area contributed by atoms with Gasteiger partial charge < -0.3 is 20.5 Å². The molecule has 5 rings (SSSR count). The molecular formula is C27H32ClN5O2. The predicted octanol–water partition coefficient (Wildman–Crippen LogP) is 5.16. The first-order valence-electron chi connectivity index (χ1n) is 12.3. The van der Waals surface area contributed by atoms with Gasteiger partial charge in [-0.05, 0) is 55.9 Å². The van der Waals surface area contributed by atoms with E-state index in [1.807, 2.05) is 31.2 Å². The van der Waals surface area contributed by atoms with Crippen molar-refractivity contribution in [1.29, 1.82) is 0 Å². The van der Waals surface area contributed by atoms with Gasteiger partial charge in [0.2, 0.25) is 0 Å². The average Bonchev–Trinajstić information content (AvgIpc) is 3.66. The van der Waals surface area contributed by atoms with Crippen LogP contribution in [-0.2, 0) is 0 Å². The molecule has 1 saturated heterocycles. The molecule has 8 heteroatoms. The number of aromatic nitrogens is 2. The van der Waals surface area contributed by atoms with E-state index in [9.17, 15) is 5.11 Å². The molecule has 0 spiro atoms. The van der Waals surface area contributed by atoms with Gasteiger partial charge in [0.15, 0.2) is 0 Å². The van der Waals surface area contributed by atoms with Gasteiger partial charge in [-0.2, -0.15) is 0 Å². The van der Waals surface area contributed by atoms with Crippen LogP contribution >= 0.6 is 11.6 Å². The van der Waals surface area contributed by atoms with Crippen molar-refractivity contribution in [2.75, 3.05) is 43.5 Å². The smallest absolute Gasteiger partial charge is 0.144 e. The Labute approximate surface area is 211 Å². The summed E-state index contributed by atoms with van der Waals surface area (Å²) in [7, 11) is 0. The molecule has 0 bridgehead atoms. The van der Waals surface area contributed by atoms with Gasteiger partial charge in [-0.3, -0.25) is 4.90 Å². The summed E-state index contributed by atoms with van der Waals surface area (Å²) in [5.41, 5.74) is 3.64. The summed E-state index contributed by atoms with van der Waals surface area (Å²) in [6.45, 7) is 5.53. The van der Waals surface area contributed by atoms with Crippen LogP contribution in [0.25, 0.3) is 10.9 Å². The minimum Gasteiger partial charge on any atom is -0.491 e. The second-order valence-corrected chi connectivity index (χ2v) is 9.81. The largest absolute Gasteiger partial charge is 0.491 e. The number of rotatable bonds is 11. The number of hydrogen-bond acceptors (Lipinski definition) is 7. The summed E-state index contributed by atoms with van der Waals surface area (Å²) < 4.78 is 6.19. The summed E-state index contributed by atoms with van der Waals surface area (Å²) in [5.74, 6) is 2.18. The van der Waals surface area contributed by atoms with Crippen LogP contribution in [0.15, 0.2) is 48.8 Å². The molecule has 1 unspecified atom stereocenters. The number of nitrogens with zero attached hydrogens (tertiary/aromatic N) is 3. The highest BCUT2D eigenvalue weighted by Gasteiger charge is 2.25. The molecule has 1 saturated carbocycles. The van der Waals surface area contributed by atoms with Crippen LogP contribution in [-0.4, -0.2) is 58.9 Å². The standard InChI is InChI=1S/C27H32ClN5O2/c1-18-4-7-20(12-23(18)28)32-27-22-13-25(29-9-2-3-10-33-11-8-21(33)15-34)26(35-16-19-5-6-19)14-24(22)30-17-31-27/h2-4,7,12-14,17,19,21,29,34H,5-6,8-11,15-16H2,1H3,(H,30,31,32). The molecule has 3 N–H and O–H groups in total. The number of hydrogen-bond donors (Lipinski definition) is 3. The van der Waals surface area contributed by atoms with Gasteiger partial charge in [-0.25, -0.2) is 9.97 Å². The van der Waals surface area contributed by atoms with Gasteiger partial charge in [0.25, 0.3) is 0 Å². The lowest BCUT2D eigenvalue weighted by Gasteiger charge is -2.39. The van der Waals surface area contributed by atoms with Crippen molar-refractivity contribution < 1.29 is 9.84 Å².